The summed E-state index contributed by atoms with van der Waals surface area (Å²) in [7, 11) is 0. The Morgan fingerprint density at radius 1 is 0.622 bits per heavy atom. The molecule has 0 aromatic heterocycles. The van der Waals surface area contributed by atoms with E-state index in [2.05, 4.69) is 192 Å². The van der Waals surface area contributed by atoms with Crippen molar-refractivity contribution in [2.45, 2.75) is 91.9 Å². The fourth-order valence-electron chi connectivity index (χ4n) is 5.39. The van der Waals surface area contributed by atoms with E-state index in [1.54, 1.807) is 0 Å². The summed E-state index contributed by atoms with van der Waals surface area (Å²) in [6, 6.07) is 42.6. The van der Waals surface area contributed by atoms with Crippen molar-refractivity contribution in [2.24, 2.45) is 0 Å². The zero-order valence-corrected chi connectivity index (χ0v) is 30.7. The Balaban J connectivity index is 0.000000166. The van der Waals surface area contributed by atoms with Crippen molar-refractivity contribution in [1.82, 2.24) is 0 Å². The van der Waals surface area contributed by atoms with Crippen LogP contribution in [-0.2, 0) is 42.6 Å². The van der Waals surface area contributed by atoms with Crippen LogP contribution in [0.15, 0.2) is 109 Å². The summed E-state index contributed by atoms with van der Waals surface area (Å²) in [5.74, 6) is 0. The second kappa shape index (κ2) is 14.1. The van der Waals surface area contributed by atoms with Gasteiger partial charge in [0.15, 0.2) is 0 Å². The Morgan fingerprint density at radius 3 is 1.58 bits per heavy atom. The first kappa shape index (κ1) is 34.7. The molecule has 1 heteroatoms. The first-order chi connectivity index (χ1) is 21.0. The van der Waals surface area contributed by atoms with Gasteiger partial charge in [-0.15, -0.1) is 5.56 Å². The summed E-state index contributed by atoms with van der Waals surface area (Å²) >= 11 is 2.16. The molecule has 0 nitrogen and oxygen atoms in total. The Morgan fingerprint density at radius 2 is 1.13 bits per heavy atom. The standard InChI is InChI=1S/C21H25.C13H10.C10H15.Ti/c1-20(2,3)16-9-7-14-11-15-8-10-17(21(4,5)6)13-19(15)18(14)12-16;1-3-7-12(8-4-1)11-13-9-5-2-6-10-13;1-8-5-6-9(7-8)10(2,3)4;/h7,9-10,12-13H,11H2,1-6H3;1-10H;5-7H,1-4H3;/q-1;;-1;+2. The second-order valence-electron chi connectivity index (χ2n) is 15.4. The molecule has 0 saturated heterocycles. The van der Waals surface area contributed by atoms with E-state index in [9.17, 15) is 0 Å². The topological polar surface area (TPSA) is 0 Å². The van der Waals surface area contributed by atoms with Crippen molar-refractivity contribution < 1.29 is 20.0 Å². The van der Waals surface area contributed by atoms with E-state index in [1.807, 2.05) is 12.1 Å². The number of hydrogen-bond acceptors (Lipinski definition) is 0. The van der Waals surface area contributed by atoms with E-state index in [0.717, 1.165) is 6.42 Å². The monoisotopic (exact) mass is 626 g/mol. The molecule has 5 aromatic carbocycles. The summed E-state index contributed by atoms with van der Waals surface area (Å²) in [4.78, 5) is 0. The molecular formula is C44H50Ti. The van der Waals surface area contributed by atoms with Crippen LogP contribution in [-0.4, -0.2) is 3.81 Å². The van der Waals surface area contributed by atoms with Crippen LogP contribution in [0.25, 0.3) is 11.1 Å². The summed E-state index contributed by atoms with van der Waals surface area (Å²) in [6.45, 7) is 22.5. The van der Waals surface area contributed by atoms with E-state index in [0.29, 0.717) is 5.41 Å². The van der Waals surface area contributed by atoms with Crippen LogP contribution in [0.2, 0.25) is 0 Å². The molecule has 0 amide bonds. The van der Waals surface area contributed by atoms with E-state index >= 15 is 0 Å². The Labute approximate surface area is 285 Å². The van der Waals surface area contributed by atoms with Gasteiger partial charge in [0.2, 0.25) is 0 Å². The molecule has 0 aliphatic heterocycles. The van der Waals surface area contributed by atoms with E-state index in [-0.39, 0.29) is 10.8 Å². The minimum absolute atomic E-state index is 0.177. The van der Waals surface area contributed by atoms with Crippen LogP contribution in [0.5, 0.6) is 0 Å². The van der Waals surface area contributed by atoms with Crippen molar-refractivity contribution in [2.75, 3.05) is 0 Å². The molecule has 6 rings (SSSR count). The molecule has 0 heterocycles. The first-order valence-electron chi connectivity index (χ1n) is 16.2. The normalized spacial score (nSPS) is 12.3. The predicted octanol–water partition coefficient (Wildman–Crippen LogP) is 11.5. The van der Waals surface area contributed by atoms with Gasteiger partial charge in [0, 0.05) is 0 Å². The van der Waals surface area contributed by atoms with Crippen molar-refractivity contribution in [3.05, 3.63) is 160 Å². The minimum atomic E-state index is 0.177. The van der Waals surface area contributed by atoms with E-state index < -0.39 is 0 Å². The van der Waals surface area contributed by atoms with Gasteiger partial charge in [0.25, 0.3) is 0 Å². The molecule has 0 atom stereocenters. The molecule has 0 radical (unpaired) electrons. The fourth-order valence-corrected chi connectivity index (χ4v) is 5.91. The van der Waals surface area contributed by atoms with Crippen LogP contribution in [0, 0.1) is 13.0 Å². The number of benzene rings is 4. The Hall–Kier alpha value is -3.19. The zero-order chi connectivity index (χ0) is 33.0. The van der Waals surface area contributed by atoms with Crippen LogP contribution >= 0.6 is 0 Å². The molecule has 0 N–H and O–H groups in total. The van der Waals surface area contributed by atoms with Gasteiger partial charge in [-0.1, -0.05) is 109 Å². The number of fused-ring (bicyclic) bond motifs is 3. The second-order valence-corrected chi connectivity index (χ2v) is 16.1. The van der Waals surface area contributed by atoms with E-state index in [1.165, 1.54) is 59.4 Å². The molecule has 45 heavy (non-hydrogen) atoms. The van der Waals surface area contributed by atoms with Crippen LogP contribution in [0.4, 0.5) is 0 Å². The molecule has 0 spiro atoms. The van der Waals surface area contributed by atoms with Crippen molar-refractivity contribution in [1.29, 1.82) is 0 Å². The van der Waals surface area contributed by atoms with Gasteiger partial charge in [0.05, 0.1) is 0 Å². The Bertz CT molecular complexity index is 1610. The molecule has 5 aromatic rings. The van der Waals surface area contributed by atoms with Gasteiger partial charge < -0.3 is 0 Å². The average Bonchev–Trinajstić information content (AvgIpc) is 3.60. The van der Waals surface area contributed by atoms with Gasteiger partial charge in [-0.05, 0) is 17.4 Å². The summed E-state index contributed by atoms with van der Waals surface area (Å²) in [5, 5.41) is 0. The van der Waals surface area contributed by atoms with E-state index in [4.69, 9.17) is 0 Å². The van der Waals surface area contributed by atoms with Gasteiger partial charge in [-0.3, -0.25) is 0 Å². The SMILES string of the molecule is CC(C)(C)c1c[c-]c2c(c1)-c1cc(C(C)(C)C)ccc1C2.Cc1cc(C(C)(C)C)c[cH-]1.[Ti+2]=[C](c1ccccc1)c1ccccc1. The molecular weight excluding hydrogens is 576 g/mol. The third-order valence-corrected chi connectivity index (χ3v) is 9.33. The van der Waals surface area contributed by atoms with Gasteiger partial charge in [0.1, 0.15) is 0 Å². The van der Waals surface area contributed by atoms with Gasteiger partial charge >= 0.3 is 95.6 Å². The van der Waals surface area contributed by atoms with Crippen LogP contribution < -0.4 is 0 Å². The van der Waals surface area contributed by atoms with Crippen LogP contribution in [0.1, 0.15) is 107 Å². The van der Waals surface area contributed by atoms with Crippen molar-refractivity contribution in [3.63, 3.8) is 0 Å². The van der Waals surface area contributed by atoms with Crippen molar-refractivity contribution >= 4 is 3.81 Å². The fraction of sp³-hybridized carbons (Fsp3) is 0.318. The van der Waals surface area contributed by atoms with Gasteiger partial charge in [-0.25, -0.2) is 6.07 Å². The molecule has 1 aliphatic rings. The summed E-state index contributed by atoms with van der Waals surface area (Å²) in [5.41, 5.74) is 14.5. The summed E-state index contributed by atoms with van der Waals surface area (Å²) < 4.78 is 1.33. The molecule has 0 saturated carbocycles. The summed E-state index contributed by atoms with van der Waals surface area (Å²) in [6.07, 6.45) is 1.03. The number of aryl methyl sites for hydroxylation is 1. The number of hydrogen-bond donors (Lipinski definition) is 0. The number of rotatable bonds is 2. The zero-order valence-electron chi connectivity index (χ0n) is 29.1. The Kier molecular flexibility index (Phi) is 10.8. The maximum atomic E-state index is 3.53. The molecule has 0 fully saturated rings. The maximum absolute atomic E-state index is 3.53. The average molecular weight is 627 g/mol. The molecule has 1 aliphatic carbocycles. The predicted molar refractivity (Wildman–Crippen MR) is 192 cm³/mol. The quantitative estimate of drug-likeness (QED) is 0.133. The molecule has 0 unspecified atom stereocenters. The third-order valence-electron chi connectivity index (χ3n) is 8.43. The van der Waals surface area contributed by atoms with Gasteiger partial charge in [-0.2, -0.15) is 52.6 Å². The molecule has 0 bridgehead atoms. The van der Waals surface area contributed by atoms with Crippen molar-refractivity contribution in [3.8, 4) is 11.1 Å². The third kappa shape index (κ3) is 9.19. The first-order valence-corrected chi connectivity index (χ1v) is 16.9. The molecule has 230 valence electrons. The van der Waals surface area contributed by atoms with Crippen LogP contribution in [0.3, 0.4) is 0 Å².